The van der Waals surface area contributed by atoms with Gasteiger partial charge in [-0.1, -0.05) is 99.1 Å². The van der Waals surface area contributed by atoms with E-state index in [1.807, 2.05) is 44.2 Å². The van der Waals surface area contributed by atoms with Crippen molar-refractivity contribution in [2.45, 2.75) is 63.2 Å². The first kappa shape index (κ1) is 31.1. The Labute approximate surface area is 254 Å². The second kappa shape index (κ2) is 13.0. The monoisotopic (exact) mass is 689 g/mol. The van der Waals surface area contributed by atoms with Gasteiger partial charge in [0.15, 0.2) is 0 Å². The second-order valence-corrected chi connectivity index (χ2v) is 19.4. The van der Waals surface area contributed by atoms with Crippen LogP contribution < -0.4 is 10.4 Å². The smallest absolute Gasteiger partial charge is 0.261 e. The molecular formula is C32H40INO4SSi. The van der Waals surface area contributed by atoms with E-state index in [1.54, 1.807) is 16.4 Å². The van der Waals surface area contributed by atoms with E-state index < -0.39 is 18.3 Å². The Morgan fingerprint density at radius 2 is 1.52 bits per heavy atom. The zero-order chi connectivity index (χ0) is 29.0. The van der Waals surface area contributed by atoms with Crippen molar-refractivity contribution >= 4 is 51.3 Å². The van der Waals surface area contributed by atoms with Crippen molar-refractivity contribution in [1.29, 1.82) is 0 Å². The van der Waals surface area contributed by atoms with Crippen LogP contribution in [-0.4, -0.2) is 52.9 Å². The van der Waals surface area contributed by atoms with E-state index in [4.69, 9.17) is 9.16 Å². The molecule has 5 nitrogen and oxygen atoms in total. The molecular weight excluding hydrogens is 649 g/mol. The van der Waals surface area contributed by atoms with Gasteiger partial charge in [0.25, 0.3) is 8.32 Å². The molecule has 214 valence electrons. The number of allylic oxidation sites excluding steroid dienone is 1. The van der Waals surface area contributed by atoms with Gasteiger partial charge in [0, 0.05) is 19.7 Å². The lowest BCUT2D eigenvalue weighted by molar-refractivity contribution is -0.0484. The summed E-state index contributed by atoms with van der Waals surface area (Å²) in [5.74, 6) is 0. The Hall–Kier alpha value is -1.82. The van der Waals surface area contributed by atoms with Crippen LogP contribution in [0.2, 0.25) is 5.04 Å². The van der Waals surface area contributed by atoms with Gasteiger partial charge in [-0.2, -0.15) is 4.31 Å². The van der Waals surface area contributed by atoms with Crippen molar-refractivity contribution in [1.82, 2.24) is 4.31 Å². The lowest BCUT2D eigenvalue weighted by atomic mass is 10.2. The van der Waals surface area contributed by atoms with E-state index in [0.29, 0.717) is 31.0 Å². The molecule has 0 unspecified atom stereocenters. The summed E-state index contributed by atoms with van der Waals surface area (Å²) in [5, 5.41) is 2.32. The summed E-state index contributed by atoms with van der Waals surface area (Å²) in [5.41, 5.74) is 1.03. The number of ether oxygens (including phenoxy) is 1. The third-order valence-corrected chi connectivity index (χ3v) is 14.7. The molecule has 0 saturated carbocycles. The summed E-state index contributed by atoms with van der Waals surface area (Å²) in [6.07, 6.45) is 2.00. The molecule has 0 radical (unpaired) electrons. The molecule has 0 N–H and O–H groups in total. The number of halogens is 1. The number of benzene rings is 3. The summed E-state index contributed by atoms with van der Waals surface area (Å²) in [7, 11) is -6.34. The van der Waals surface area contributed by atoms with Gasteiger partial charge in [0.1, 0.15) is 0 Å². The van der Waals surface area contributed by atoms with Crippen LogP contribution in [0.3, 0.4) is 0 Å². The Morgan fingerprint density at radius 3 is 2.02 bits per heavy atom. The first-order valence-electron chi connectivity index (χ1n) is 13.7. The zero-order valence-electron chi connectivity index (χ0n) is 24.0. The third-order valence-electron chi connectivity index (χ3n) is 7.41. The van der Waals surface area contributed by atoms with Crippen molar-refractivity contribution in [2.24, 2.45) is 0 Å². The number of morpholine rings is 1. The standard InChI is InChI=1S/C32H40INO4SSi/c1-25-16-18-29(19-17-25)39(35,36)34-23-27(38-28(24-34)22-26(2)33)20-21-37-40(32(3,4)5,30-12-8-6-9-13-30)31-14-10-7-11-15-31/h6-19,22,27-28H,20-21,23-24H2,1-5H3/b26-22+/t27-,28+/m0/s1. The summed E-state index contributed by atoms with van der Waals surface area (Å²) < 4.78 is 43.4. The topological polar surface area (TPSA) is 55.8 Å². The minimum Gasteiger partial charge on any atom is -0.407 e. The Balaban J connectivity index is 1.61. The fourth-order valence-corrected chi connectivity index (χ4v) is 12.0. The molecule has 1 aliphatic rings. The maximum absolute atomic E-state index is 13.6. The molecule has 1 fully saturated rings. The van der Waals surface area contributed by atoms with E-state index in [0.717, 1.165) is 9.14 Å². The molecule has 40 heavy (non-hydrogen) atoms. The Bertz CT molecular complexity index is 1350. The molecule has 1 saturated heterocycles. The van der Waals surface area contributed by atoms with E-state index >= 15 is 0 Å². The van der Waals surface area contributed by atoms with Crippen LogP contribution in [0.15, 0.2) is 99.5 Å². The van der Waals surface area contributed by atoms with Crippen LogP contribution in [0.1, 0.15) is 39.7 Å². The van der Waals surface area contributed by atoms with Crippen LogP contribution in [0.25, 0.3) is 0 Å². The van der Waals surface area contributed by atoms with Crippen molar-refractivity contribution < 1.29 is 17.6 Å². The highest BCUT2D eigenvalue weighted by atomic mass is 127. The van der Waals surface area contributed by atoms with E-state index in [2.05, 4.69) is 91.9 Å². The van der Waals surface area contributed by atoms with Gasteiger partial charge in [0.05, 0.1) is 17.1 Å². The third kappa shape index (κ3) is 6.96. The minimum absolute atomic E-state index is 0.131. The summed E-state index contributed by atoms with van der Waals surface area (Å²) in [6.45, 7) is 11.8. The number of sulfonamides is 1. The number of aryl methyl sites for hydroxylation is 1. The highest BCUT2D eigenvalue weighted by Gasteiger charge is 2.50. The van der Waals surface area contributed by atoms with Crippen molar-refractivity contribution in [3.63, 3.8) is 0 Å². The maximum Gasteiger partial charge on any atom is 0.261 e. The molecule has 1 heterocycles. The van der Waals surface area contributed by atoms with Crippen molar-refractivity contribution in [3.05, 3.63) is 100 Å². The van der Waals surface area contributed by atoms with E-state index in [9.17, 15) is 8.42 Å². The lowest BCUT2D eigenvalue weighted by Crippen LogP contribution is -2.66. The summed E-state index contributed by atoms with van der Waals surface area (Å²) in [6, 6.07) is 28.2. The molecule has 3 aromatic rings. The normalized spacial score (nSPS) is 19.5. The molecule has 0 aliphatic carbocycles. The van der Waals surface area contributed by atoms with Gasteiger partial charge < -0.3 is 9.16 Å². The van der Waals surface area contributed by atoms with Crippen molar-refractivity contribution in [2.75, 3.05) is 19.7 Å². The predicted octanol–water partition coefficient (Wildman–Crippen LogP) is 6.06. The Morgan fingerprint density at radius 1 is 0.975 bits per heavy atom. The second-order valence-electron chi connectivity index (χ2n) is 11.5. The number of hydrogen-bond donors (Lipinski definition) is 0. The van der Waals surface area contributed by atoms with Gasteiger partial charge in [-0.25, -0.2) is 8.42 Å². The van der Waals surface area contributed by atoms with E-state index in [-0.39, 0.29) is 17.2 Å². The molecule has 8 heteroatoms. The van der Waals surface area contributed by atoms with Crippen LogP contribution in [-0.2, 0) is 19.2 Å². The first-order valence-corrected chi connectivity index (χ1v) is 18.2. The highest BCUT2D eigenvalue weighted by molar-refractivity contribution is 14.1. The minimum atomic E-state index is -3.65. The predicted molar refractivity (Wildman–Crippen MR) is 175 cm³/mol. The molecule has 0 amide bonds. The van der Waals surface area contributed by atoms with Crippen LogP contribution >= 0.6 is 22.6 Å². The van der Waals surface area contributed by atoms with E-state index in [1.165, 1.54) is 10.4 Å². The highest BCUT2D eigenvalue weighted by Crippen LogP contribution is 2.37. The van der Waals surface area contributed by atoms with Gasteiger partial charge in [-0.3, -0.25) is 0 Å². The molecule has 0 spiro atoms. The van der Waals surface area contributed by atoms with Gasteiger partial charge >= 0.3 is 0 Å². The van der Waals surface area contributed by atoms with Crippen molar-refractivity contribution in [3.8, 4) is 0 Å². The number of hydrogen-bond acceptors (Lipinski definition) is 4. The van der Waals surface area contributed by atoms with Crippen LogP contribution in [0.4, 0.5) is 0 Å². The fourth-order valence-electron chi connectivity index (χ4n) is 5.50. The summed E-state index contributed by atoms with van der Waals surface area (Å²) in [4.78, 5) is 0.316. The average Bonchev–Trinajstić information content (AvgIpc) is 2.91. The quantitative estimate of drug-likeness (QED) is 0.203. The van der Waals surface area contributed by atoms with Gasteiger partial charge in [0.2, 0.25) is 10.0 Å². The Kier molecular flexibility index (Phi) is 10.1. The molecule has 4 rings (SSSR count). The first-order chi connectivity index (χ1) is 18.9. The van der Waals surface area contributed by atoms with Crippen LogP contribution in [0.5, 0.6) is 0 Å². The number of rotatable bonds is 9. The van der Waals surface area contributed by atoms with Crippen LogP contribution in [0, 0.1) is 6.92 Å². The molecule has 0 bridgehead atoms. The average molecular weight is 690 g/mol. The maximum atomic E-state index is 13.6. The van der Waals surface area contributed by atoms with Gasteiger partial charge in [-0.05, 0) is 80.1 Å². The SMILES string of the molecule is C/C(I)=C\[C@@H]1CN(S(=O)(=O)c2ccc(C)cc2)C[C@H](CCO[Si](c2ccccc2)(c2ccccc2)C(C)(C)C)O1. The largest absolute Gasteiger partial charge is 0.407 e. The fraction of sp³-hybridized carbons (Fsp3) is 0.375. The number of nitrogens with zero attached hydrogens (tertiary/aromatic N) is 1. The molecule has 1 aliphatic heterocycles. The summed E-state index contributed by atoms with van der Waals surface area (Å²) >= 11 is 2.25. The zero-order valence-corrected chi connectivity index (χ0v) is 28.0. The lowest BCUT2D eigenvalue weighted by Gasteiger charge is -2.43. The molecule has 3 aromatic carbocycles. The molecule has 2 atom stereocenters. The molecule has 0 aromatic heterocycles. The van der Waals surface area contributed by atoms with Gasteiger partial charge in [-0.15, -0.1) is 0 Å².